The van der Waals surface area contributed by atoms with Gasteiger partial charge in [0.25, 0.3) is 11.7 Å². The van der Waals surface area contributed by atoms with Crippen LogP contribution in [0, 0.1) is 0 Å². The van der Waals surface area contributed by atoms with Gasteiger partial charge in [0.2, 0.25) is 0 Å². The van der Waals surface area contributed by atoms with Gasteiger partial charge in [-0.1, -0.05) is 25.1 Å². The van der Waals surface area contributed by atoms with Crippen LogP contribution >= 0.6 is 0 Å². The average molecular weight is 473 g/mol. The second-order valence-electron chi connectivity index (χ2n) is 8.17. The number of nitrogens with zero attached hydrogens (tertiary/aromatic N) is 2. The van der Waals surface area contributed by atoms with Crippen LogP contribution in [-0.4, -0.2) is 39.9 Å². The Bertz CT molecular complexity index is 1220. The van der Waals surface area contributed by atoms with Crippen molar-refractivity contribution in [1.82, 2.24) is 9.88 Å². The van der Waals surface area contributed by atoms with Crippen molar-refractivity contribution < 1.29 is 24.2 Å². The van der Waals surface area contributed by atoms with Crippen LogP contribution in [0.2, 0.25) is 0 Å². The minimum Gasteiger partial charge on any atom is -0.507 e. The Hall–Kier alpha value is -4.13. The molecule has 2 aromatic carbocycles. The van der Waals surface area contributed by atoms with Crippen LogP contribution in [0.15, 0.2) is 78.6 Å². The molecule has 1 saturated heterocycles. The number of pyridine rings is 1. The first-order valence-electron chi connectivity index (χ1n) is 11.7. The Morgan fingerprint density at radius 1 is 1.00 bits per heavy atom. The second-order valence-corrected chi connectivity index (χ2v) is 8.17. The van der Waals surface area contributed by atoms with Crippen LogP contribution < -0.4 is 9.47 Å². The third-order valence-electron chi connectivity index (χ3n) is 5.70. The topological polar surface area (TPSA) is 89.0 Å². The van der Waals surface area contributed by atoms with Crippen molar-refractivity contribution in [3.63, 3.8) is 0 Å². The van der Waals surface area contributed by atoms with Crippen molar-refractivity contribution in [3.05, 3.63) is 95.3 Å². The maximum atomic E-state index is 13.3. The molecule has 0 bridgehead atoms. The fraction of sp³-hybridized carbons (Fsp3) is 0.250. The standard InChI is InChI=1S/C28H28N2O5/c1-3-15-35-23-9-5-8-21(16-23)25-24(26(31)20-10-12-22(13-11-20)34-4-2)27(32)28(33)30(25)18-19-7-6-14-29-17-19/h5-14,16-17,25,31H,3-4,15,18H2,1-2H3/t25-/m1/s1. The summed E-state index contributed by atoms with van der Waals surface area (Å²) in [5.41, 5.74) is 1.92. The second kappa shape index (κ2) is 10.9. The SMILES string of the molecule is CCCOc1cccc([C@@H]2C(=C(O)c3ccc(OCC)cc3)C(=O)C(=O)N2Cc2cccnc2)c1. The number of ether oxygens (including phenoxy) is 2. The number of aromatic nitrogens is 1. The van der Waals surface area contributed by atoms with Gasteiger partial charge in [-0.15, -0.1) is 0 Å². The summed E-state index contributed by atoms with van der Waals surface area (Å²) >= 11 is 0. The molecule has 7 heteroatoms. The summed E-state index contributed by atoms with van der Waals surface area (Å²) in [4.78, 5) is 32.0. The molecule has 0 spiro atoms. The highest BCUT2D eigenvalue weighted by Gasteiger charge is 2.46. The lowest BCUT2D eigenvalue weighted by molar-refractivity contribution is -0.140. The quantitative estimate of drug-likeness (QED) is 0.271. The van der Waals surface area contributed by atoms with Crippen molar-refractivity contribution in [2.45, 2.75) is 32.9 Å². The summed E-state index contributed by atoms with van der Waals surface area (Å²) in [5, 5.41) is 11.3. The van der Waals surface area contributed by atoms with Crippen LogP contribution in [0.5, 0.6) is 11.5 Å². The molecule has 35 heavy (non-hydrogen) atoms. The maximum absolute atomic E-state index is 13.3. The minimum absolute atomic E-state index is 0.0377. The lowest BCUT2D eigenvalue weighted by Crippen LogP contribution is -2.29. The number of hydrogen-bond donors (Lipinski definition) is 1. The predicted octanol–water partition coefficient (Wildman–Crippen LogP) is 4.89. The summed E-state index contributed by atoms with van der Waals surface area (Å²) in [6.45, 7) is 5.13. The van der Waals surface area contributed by atoms with Crippen LogP contribution in [0.1, 0.15) is 43.0 Å². The highest BCUT2D eigenvalue weighted by Crippen LogP contribution is 2.41. The highest BCUT2D eigenvalue weighted by atomic mass is 16.5. The molecule has 1 aliphatic rings. The molecule has 4 rings (SSSR count). The molecule has 1 N–H and O–H groups in total. The summed E-state index contributed by atoms with van der Waals surface area (Å²) in [7, 11) is 0. The molecule has 1 aliphatic heterocycles. The Morgan fingerprint density at radius 3 is 2.49 bits per heavy atom. The number of Topliss-reactive ketones (excluding diaryl/α,β-unsaturated/α-hetero) is 1. The molecule has 180 valence electrons. The molecule has 2 heterocycles. The lowest BCUT2D eigenvalue weighted by atomic mass is 9.95. The van der Waals surface area contributed by atoms with Crippen LogP contribution in [0.4, 0.5) is 0 Å². The summed E-state index contributed by atoms with van der Waals surface area (Å²) < 4.78 is 11.3. The van der Waals surface area contributed by atoms with Gasteiger partial charge in [-0.05, 0) is 66.9 Å². The third-order valence-corrected chi connectivity index (χ3v) is 5.70. The summed E-state index contributed by atoms with van der Waals surface area (Å²) in [6, 6.07) is 16.9. The average Bonchev–Trinajstić information content (AvgIpc) is 3.13. The Labute approximate surface area is 204 Å². The Morgan fingerprint density at radius 2 is 1.80 bits per heavy atom. The molecule has 1 fully saturated rings. The molecule has 3 aromatic rings. The predicted molar refractivity (Wildman–Crippen MR) is 132 cm³/mol. The monoisotopic (exact) mass is 472 g/mol. The summed E-state index contributed by atoms with van der Waals surface area (Å²) in [6.07, 6.45) is 4.15. The molecule has 1 amide bonds. The zero-order chi connectivity index (χ0) is 24.8. The molecule has 7 nitrogen and oxygen atoms in total. The largest absolute Gasteiger partial charge is 0.507 e. The zero-order valence-electron chi connectivity index (χ0n) is 19.8. The van der Waals surface area contributed by atoms with Gasteiger partial charge >= 0.3 is 0 Å². The first kappa shape index (κ1) is 24.0. The fourth-order valence-corrected chi connectivity index (χ4v) is 4.10. The fourth-order valence-electron chi connectivity index (χ4n) is 4.10. The normalized spacial score (nSPS) is 17.0. The number of likely N-dealkylation sites (tertiary alicyclic amines) is 1. The number of aliphatic hydroxyl groups is 1. The van der Waals surface area contributed by atoms with E-state index in [1.165, 1.54) is 4.90 Å². The van der Waals surface area contributed by atoms with Crippen molar-refractivity contribution in [1.29, 1.82) is 0 Å². The number of carbonyl (C=O) groups excluding carboxylic acids is 2. The zero-order valence-corrected chi connectivity index (χ0v) is 19.8. The number of ketones is 1. The van der Waals surface area contributed by atoms with Gasteiger partial charge in [0.05, 0.1) is 24.8 Å². The van der Waals surface area contributed by atoms with E-state index in [4.69, 9.17) is 9.47 Å². The molecule has 1 atom stereocenters. The van der Waals surface area contributed by atoms with E-state index in [-0.39, 0.29) is 17.9 Å². The van der Waals surface area contributed by atoms with Crippen LogP contribution in [0.25, 0.3) is 5.76 Å². The van der Waals surface area contributed by atoms with Gasteiger partial charge in [-0.25, -0.2) is 0 Å². The molecule has 0 unspecified atom stereocenters. The lowest BCUT2D eigenvalue weighted by Gasteiger charge is -2.25. The van der Waals surface area contributed by atoms with Gasteiger partial charge < -0.3 is 19.5 Å². The van der Waals surface area contributed by atoms with Crippen LogP contribution in [-0.2, 0) is 16.1 Å². The van der Waals surface area contributed by atoms with Crippen molar-refractivity contribution in [2.24, 2.45) is 0 Å². The van der Waals surface area contributed by atoms with E-state index >= 15 is 0 Å². The number of rotatable bonds is 9. The molecule has 0 saturated carbocycles. The summed E-state index contributed by atoms with van der Waals surface area (Å²) in [5.74, 6) is -0.350. The highest BCUT2D eigenvalue weighted by molar-refractivity contribution is 6.46. The van der Waals surface area contributed by atoms with Crippen LogP contribution in [0.3, 0.4) is 0 Å². The van der Waals surface area contributed by atoms with E-state index < -0.39 is 17.7 Å². The molecular weight excluding hydrogens is 444 g/mol. The van der Waals surface area contributed by atoms with E-state index in [0.717, 1.165) is 12.0 Å². The van der Waals surface area contributed by atoms with E-state index in [2.05, 4.69) is 4.98 Å². The number of hydrogen-bond acceptors (Lipinski definition) is 6. The van der Waals surface area contributed by atoms with E-state index in [0.29, 0.717) is 35.8 Å². The number of amides is 1. The van der Waals surface area contributed by atoms with Gasteiger partial charge in [0, 0.05) is 24.5 Å². The maximum Gasteiger partial charge on any atom is 0.295 e. The number of benzene rings is 2. The molecular formula is C28H28N2O5. The van der Waals surface area contributed by atoms with E-state index in [9.17, 15) is 14.7 Å². The smallest absolute Gasteiger partial charge is 0.295 e. The van der Waals surface area contributed by atoms with Crippen molar-refractivity contribution in [2.75, 3.05) is 13.2 Å². The third kappa shape index (κ3) is 5.19. The minimum atomic E-state index is -0.785. The Balaban J connectivity index is 1.81. The first-order chi connectivity index (χ1) is 17.0. The number of aliphatic hydroxyl groups excluding tert-OH is 1. The molecule has 1 aromatic heterocycles. The van der Waals surface area contributed by atoms with Gasteiger partial charge in [-0.2, -0.15) is 0 Å². The molecule has 0 aliphatic carbocycles. The first-order valence-corrected chi connectivity index (χ1v) is 11.7. The van der Waals surface area contributed by atoms with Gasteiger partial charge in [-0.3, -0.25) is 14.6 Å². The molecule has 0 radical (unpaired) electrons. The van der Waals surface area contributed by atoms with Gasteiger partial charge in [0.1, 0.15) is 17.3 Å². The van der Waals surface area contributed by atoms with E-state index in [1.807, 2.05) is 44.2 Å². The Kier molecular flexibility index (Phi) is 7.45. The van der Waals surface area contributed by atoms with Gasteiger partial charge in [0.15, 0.2) is 0 Å². The van der Waals surface area contributed by atoms with Crippen molar-refractivity contribution in [3.8, 4) is 11.5 Å². The van der Waals surface area contributed by atoms with E-state index in [1.54, 1.807) is 42.7 Å². The number of carbonyl (C=O) groups is 2. The van der Waals surface area contributed by atoms with Crippen molar-refractivity contribution >= 4 is 17.4 Å².